The second-order valence-corrected chi connectivity index (χ2v) is 4.97. The van der Waals surface area contributed by atoms with Crippen molar-refractivity contribution in [2.24, 2.45) is 5.73 Å². The maximum Gasteiger partial charge on any atom is 0.258 e. The Bertz CT molecular complexity index is 844. The van der Waals surface area contributed by atoms with Gasteiger partial charge in [-0.05, 0) is 17.5 Å². The first-order valence-corrected chi connectivity index (χ1v) is 6.89. The van der Waals surface area contributed by atoms with E-state index in [2.05, 4.69) is 16.9 Å². The number of nitriles is 1. The van der Waals surface area contributed by atoms with Crippen LogP contribution in [0.1, 0.15) is 29.5 Å². The fourth-order valence-corrected chi connectivity index (χ4v) is 2.57. The van der Waals surface area contributed by atoms with Crippen LogP contribution in [0.3, 0.4) is 0 Å². The molecular weight excluding hydrogens is 280 g/mol. The molecule has 1 aliphatic rings. The van der Waals surface area contributed by atoms with E-state index in [1.54, 1.807) is 0 Å². The van der Waals surface area contributed by atoms with Crippen molar-refractivity contribution in [3.05, 3.63) is 69.1 Å². The number of benzene rings is 1. The number of H-pyrrole nitrogens is 1. The molecular formula is C16H14N4O2. The van der Waals surface area contributed by atoms with Gasteiger partial charge in [0.2, 0.25) is 11.8 Å². The molecule has 3 rings (SSSR count). The molecule has 1 aromatic carbocycles. The van der Waals surface area contributed by atoms with Gasteiger partial charge < -0.3 is 15.5 Å². The molecule has 1 aromatic heterocycles. The number of aromatic nitrogens is 2. The highest BCUT2D eigenvalue weighted by Crippen LogP contribution is 2.38. The van der Waals surface area contributed by atoms with Crippen LogP contribution >= 0.6 is 0 Å². The molecule has 0 aliphatic carbocycles. The van der Waals surface area contributed by atoms with Crippen molar-refractivity contribution in [3.63, 3.8) is 0 Å². The number of nitrogens with zero attached hydrogens (tertiary/aromatic N) is 2. The van der Waals surface area contributed by atoms with Crippen LogP contribution in [0.5, 0.6) is 5.88 Å². The van der Waals surface area contributed by atoms with E-state index in [0.717, 1.165) is 12.0 Å². The summed E-state index contributed by atoms with van der Waals surface area (Å²) < 4.78 is 5.32. The Morgan fingerprint density at radius 3 is 2.77 bits per heavy atom. The van der Waals surface area contributed by atoms with E-state index < -0.39 is 5.92 Å². The second kappa shape index (κ2) is 5.37. The van der Waals surface area contributed by atoms with Crippen molar-refractivity contribution in [2.75, 3.05) is 0 Å². The summed E-state index contributed by atoms with van der Waals surface area (Å²) in [6.07, 6.45) is 2.17. The minimum atomic E-state index is -0.572. The van der Waals surface area contributed by atoms with E-state index in [1.165, 1.54) is 11.9 Å². The summed E-state index contributed by atoms with van der Waals surface area (Å²) in [5.41, 5.74) is 7.98. The topological polar surface area (TPSA) is 105 Å². The van der Waals surface area contributed by atoms with Crippen molar-refractivity contribution < 1.29 is 4.74 Å². The molecule has 110 valence electrons. The van der Waals surface area contributed by atoms with E-state index in [9.17, 15) is 10.1 Å². The molecule has 0 amide bonds. The van der Waals surface area contributed by atoms with Crippen molar-refractivity contribution in [2.45, 2.75) is 19.3 Å². The van der Waals surface area contributed by atoms with Gasteiger partial charge in [-0.2, -0.15) is 5.26 Å². The number of aryl methyl sites for hydroxylation is 1. The van der Waals surface area contributed by atoms with Crippen molar-refractivity contribution in [1.29, 1.82) is 5.26 Å². The SMILES string of the molecule is CCc1ccc(C2C(C#N)=C(N)Oc3nc[nH]c(=O)c32)cc1. The van der Waals surface area contributed by atoms with E-state index in [1.807, 2.05) is 30.3 Å². The first-order chi connectivity index (χ1) is 10.7. The molecule has 1 atom stereocenters. The average Bonchev–Trinajstić information content (AvgIpc) is 2.54. The van der Waals surface area contributed by atoms with E-state index in [-0.39, 0.29) is 22.9 Å². The monoisotopic (exact) mass is 294 g/mol. The minimum absolute atomic E-state index is 0.0160. The Labute approximate surface area is 126 Å². The molecule has 0 saturated heterocycles. The third-order valence-electron chi connectivity index (χ3n) is 3.74. The summed E-state index contributed by atoms with van der Waals surface area (Å²) in [5, 5.41) is 9.41. The zero-order chi connectivity index (χ0) is 15.7. The summed E-state index contributed by atoms with van der Waals surface area (Å²) in [4.78, 5) is 18.7. The normalized spacial score (nSPS) is 16.6. The number of allylic oxidation sites excluding steroid dienone is 1. The summed E-state index contributed by atoms with van der Waals surface area (Å²) in [6.45, 7) is 2.06. The number of rotatable bonds is 2. The molecule has 0 spiro atoms. The maximum absolute atomic E-state index is 12.2. The Balaban J connectivity index is 2.23. The number of hydrogen-bond donors (Lipinski definition) is 2. The van der Waals surface area contributed by atoms with Crippen LogP contribution in [0.4, 0.5) is 0 Å². The third-order valence-corrected chi connectivity index (χ3v) is 3.74. The molecule has 2 heterocycles. The van der Waals surface area contributed by atoms with E-state index in [4.69, 9.17) is 10.5 Å². The Morgan fingerprint density at radius 1 is 1.41 bits per heavy atom. The number of nitrogens with one attached hydrogen (secondary N) is 1. The standard InChI is InChI=1S/C16H14N4O2/c1-2-9-3-5-10(6-4-9)12-11(7-17)14(18)22-16-13(12)15(21)19-8-20-16/h3-6,8,12H,2,18H2,1H3,(H,19,20,21). The van der Waals surface area contributed by atoms with Crippen LogP contribution in [0, 0.1) is 11.3 Å². The Hall–Kier alpha value is -3.07. The van der Waals surface area contributed by atoms with Crippen molar-refractivity contribution >= 4 is 0 Å². The number of ether oxygens (including phenoxy) is 1. The van der Waals surface area contributed by atoms with Crippen LogP contribution in [-0.4, -0.2) is 9.97 Å². The molecule has 6 nitrogen and oxygen atoms in total. The van der Waals surface area contributed by atoms with Crippen LogP contribution in [-0.2, 0) is 6.42 Å². The van der Waals surface area contributed by atoms with Crippen LogP contribution < -0.4 is 16.0 Å². The molecule has 3 N–H and O–H groups in total. The average molecular weight is 294 g/mol. The van der Waals surface area contributed by atoms with Crippen LogP contribution in [0.25, 0.3) is 0 Å². The molecule has 1 aliphatic heterocycles. The molecule has 22 heavy (non-hydrogen) atoms. The summed E-state index contributed by atoms with van der Waals surface area (Å²) in [7, 11) is 0. The van der Waals surface area contributed by atoms with Gasteiger partial charge in [0.05, 0.1) is 17.8 Å². The van der Waals surface area contributed by atoms with Gasteiger partial charge in [0.15, 0.2) is 0 Å². The van der Waals surface area contributed by atoms with Gasteiger partial charge in [0.25, 0.3) is 5.56 Å². The Morgan fingerprint density at radius 2 is 2.14 bits per heavy atom. The van der Waals surface area contributed by atoms with Crippen LogP contribution in [0.2, 0.25) is 0 Å². The van der Waals surface area contributed by atoms with Gasteiger partial charge >= 0.3 is 0 Å². The predicted octanol–water partition coefficient (Wildman–Crippen LogP) is 1.55. The zero-order valence-electron chi connectivity index (χ0n) is 12.0. The van der Waals surface area contributed by atoms with E-state index in [0.29, 0.717) is 5.56 Å². The van der Waals surface area contributed by atoms with Crippen molar-refractivity contribution in [3.8, 4) is 11.9 Å². The molecule has 0 bridgehead atoms. The van der Waals surface area contributed by atoms with Gasteiger partial charge in [-0.3, -0.25) is 4.79 Å². The number of hydrogen-bond acceptors (Lipinski definition) is 5. The maximum atomic E-state index is 12.2. The molecule has 6 heteroatoms. The minimum Gasteiger partial charge on any atom is -0.422 e. The quantitative estimate of drug-likeness (QED) is 0.874. The lowest BCUT2D eigenvalue weighted by molar-refractivity contribution is 0.375. The second-order valence-electron chi connectivity index (χ2n) is 4.97. The summed E-state index contributed by atoms with van der Waals surface area (Å²) >= 11 is 0. The van der Waals surface area contributed by atoms with E-state index >= 15 is 0 Å². The molecule has 0 radical (unpaired) electrons. The fourth-order valence-electron chi connectivity index (χ4n) is 2.57. The first-order valence-electron chi connectivity index (χ1n) is 6.89. The highest BCUT2D eigenvalue weighted by molar-refractivity contribution is 5.52. The van der Waals surface area contributed by atoms with Gasteiger partial charge in [-0.15, -0.1) is 0 Å². The highest BCUT2D eigenvalue weighted by Gasteiger charge is 2.33. The largest absolute Gasteiger partial charge is 0.422 e. The van der Waals surface area contributed by atoms with Gasteiger partial charge in [-0.1, -0.05) is 31.2 Å². The van der Waals surface area contributed by atoms with Gasteiger partial charge in [0.1, 0.15) is 11.6 Å². The molecule has 0 saturated carbocycles. The molecule has 1 unspecified atom stereocenters. The summed E-state index contributed by atoms with van der Waals surface area (Å²) in [5.74, 6) is -0.445. The molecule has 0 fully saturated rings. The lowest BCUT2D eigenvalue weighted by Gasteiger charge is -2.24. The van der Waals surface area contributed by atoms with Crippen molar-refractivity contribution in [1.82, 2.24) is 9.97 Å². The molecule has 2 aromatic rings. The van der Waals surface area contributed by atoms with Crippen LogP contribution in [0.15, 0.2) is 46.8 Å². The summed E-state index contributed by atoms with van der Waals surface area (Å²) in [6, 6.07) is 9.79. The number of aromatic amines is 1. The zero-order valence-corrected chi connectivity index (χ0v) is 12.0. The number of nitrogens with two attached hydrogens (primary N) is 1. The fraction of sp³-hybridized carbons (Fsp3) is 0.188. The van der Waals surface area contributed by atoms with Gasteiger partial charge in [-0.25, -0.2) is 4.98 Å². The van der Waals surface area contributed by atoms with Gasteiger partial charge in [0, 0.05) is 0 Å². The smallest absolute Gasteiger partial charge is 0.258 e. The Kier molecular flexibility index (Phi) is 3.39. The third kappa shape index (κ3) is 2.13. The lowest BCUT2D eigenvalue weighted by Crippen LogP contribution is -2.28. The predicted molar refractivity (Wildman–Crippen MR) is 80.0 cm³/mol. The first kappa shape index (κ1) is 13.9. The lowest BCUT2D eigenvalue weighted by atomic mass is 9.85. The number of fused-ring (bicyclic) bond motifs is 1. The highest BCUT2D eigenvalue weighted by atomic mass is 16.5.